The van der Waals surface area contributed by atoms with Gasteiger partial charge in [-0.1, -0.05) is 46.0 Å². The number of unbranched alkanes of at least 4 members (excludes halogenated alkanes) is 4. The van der Waals surface area contributed by atoms with Crippen molar-refractivity contribution in [3.8, 4) is 0 Å². The van der Waals surface area contributed by atoms with Crippen molar-refractivity contribution in [3.63, 3.8) is 0 Å². The van der Waals surface area contributed by atoms with Crippen LogP contribution in [0.25, 0.3) is 0 Å². The van der Waals surface area contributed by atoms with E-state index in [1.165, 1.54) is 50.8 Å². The van der Waals surface area contributed by atoms with Crippen molar-refractivity contribution in [3.05, 3.63) is 18.2 Å². The van der Waals surface area contributed by atoms with E-state index in [4.69, 9.17) is 0 Å². The Morgan fingerprint density at radius 1 is 1.16 bits per heavy atom. The van der Waals surface area contributed by atoms with Gasteiger partial charge in [0.15, 0.2) is 0 Å². The van der Waals surface area contributed by atoms with E-state index in [1.807, 2.05) is 12.4 Å². The average Bonchev–Trinajstić information content (AvgIpc) is 2.81. The molecule has 3 heteroatoms. The first kappa shape index (κ1) is 16.2. The minimum absolute atomic E-state index is 0.656. The largest absolute Gasteiger partial charge is 0.338 e. The zero-order chi connectivity index (χ0) is 13.9. The molecule has 0 amide bonds. The van der Waals surface area contributed by atoms with Gasteiger partial charge in [-0.25, -0.2) is 4.98 Å². The molecule has 3 nitrogen and oxygen atoms in total. The Morgan fingerprint density at radius 3 is 2.58 bits per heavy atom. The summed E-state index contributed by atoms with van der Waals surface area (Å²) in [4.78, 5) is 4.40. The van der Waals surface area contributed by atoms with Gasteiger partial charge in [-0.15, -0.1) is 0 Å². The van der Waals surface area contributed by atoms with E-state index in [9.17, 15) is 0 Å². The lowest BCUT2D eigenvalue weighted by atomic mass is 10.0. The van der Waals surface area contributed by atoms with Crippen LogP contribution in [0.5, 0.6) is 0 Å². The quantitative estimate of drug-likeness (QED) is 0.618. The molecular weight excluding hydrogens is 234 g/mol. The van der Waals surface area contributed by atoms with Gasteiger partial charge in [-0.3, -0.25) is 0 Å². The van der Waals surface area contributed by atoms with Gasteiger partial charge < -0.3 is 9.88 Å². The molecule has 1 rings (SSSR count). The summed E-state index contributed by atoms with van der Waals surface area (Å²) in [7, 11) is 2.08. The molecule has 0 radical (unpaired) electrons. The molecule has 0 spiro atoms. The predicted molar refractivity (Wildman–Crippen MR) is 82.4 cm³/mol. The van der Waals surface area contributed by atoms with E-state index >= 15 is 0 Å². The van der Waals surface area contributed by atoms with Gasteiger partial charge >= 0.3 is 0 Å². The molecule has 0 aromatic carbocycles. The molecule has 0 bridgehead atoms. The van der Waals surface area contributed by atoms with Crippen molar-refractivity contribution in [2.75, 3.05) is 6.54 Å². The van der Waals surface area contributed by atoms with E-state index in [-0.39, 0.29) is 0 Å². The van der Waals surface area contributed by atoms with Crippen molar-refractivity contribution in [1.82, 2.24) is 14.9 Å². The van der Waals surface area contributed by atoms with Crippen molar-refractivity contribution < 1.29 is 0 Å². The Hall–Kier alpha value is -0.830. The molecule has 1 unspecified atom stereocenters. The van der Waals surface area contributed by atoms with Gasteiger partial charge in [0.05, 0.1) is 0 Å². The van der Waals surface area contributed by atoms with Crippen LogP contribution in [-0.2, 0) is 13.5 Å². The molecule has 1 heterocycles. The maximum Gasteiger partial charge on any atom is 0.108 e. The summed E-state index contributed by atoms with van der Waals surface area (Å²) in [5.41, 5.74) is 0. The second-order valence-corrected chi connectivity index (χ2v) is 5.45. The maximum absolute atomic E-state index is 4.40. The number of aryl methyl sites for hydroxylation is 2. The fourth-order valence-electron chi connectivity index (χ4n) is 2.57. The smallest absolute Gasteiger partial charge is 0.108 e. The highest BCUT2D eigenvalue weighted by Gasteiger charge is 2.09. The van der Waals surface area contributed by atoms with Crippen LogP contribution in [-0.4, -0.2) is 22.1 Å². The number of rotatable bonds is 11. The summed E-state index contributed by atoms with van der Waals surface area (Å²) >= 11 is 0. The first-order chi connectivity index (χ1) is 9.27. The molecule has 1 aromatic rings. The molecule has 0 aliphatic heterocycles. The number of nitrogens with one attached hydrogen (secondary N) is 1. The predicted octanol–water partition coefficient (Wildman–Crippen LogP) is 3.69. The number of hydrogen-bond donors (Lipinski definition) is 1. The molecule has 0 aliphatic carbocycles. The number of aromatic nitrogens is 2. The second kappa shape index (κ2) is 10.0. The van der Waals surface area contributed by atoms with Gasteiger partial charge in [0.2, 0.25) is 0 Å². The third-order valence-electron chi connectivity index (χ3n) is 3.79. The van der Waals surface area contributed by atoms with Crippen LogP contribution in [0, 0.1) is 0 Å². The molecule has 110 valence electrons. The minimum Gasteiger partial charge on any atom is -0.338 e. The van der Waals surface area contributed by atoms with E-state index in [0.717, 1.165) is 13.0 Å². The van der Waals surface area contributed by atoms with Crippen LogP contribution in [0.4, 0.5) is 0 Å². The van der Waals surface area contributed by atoms with E-state index in [2.05, 4.69) is 35.8 Å². The molecule has 19 heavy (non-hydrogen) atoms. The molecule has 0 saturated heterocycles. The monoisotopic (exact) mass is 265 g/mol. The number of nitrogens with zero attached hydrogens (tertiary/aromatic N) is 2. The van der Waals surface area contributed by atoms with Crippen LogP contribution in [0.3, 0.4) is 0 Å². The fraction of sp³-hybridized carbons (Fsp3) is 0.812. The normalized spacial score (nSPS) is 12.8. The van der Waals surface area contributed by atoms with Gasteiger partial charge in [-0.05, 0) is 19.4 Å². The highest BCUT2D eigenvalue weighted by Crippen LogP contribution is 2.11. The maximum atomic E-state index is 4.40. The van der Waals surface area contributed by atoms with Crippen molar-refractivity contribution in [1.29, 1.82) is 0 Å². The summed E-state index contributed by atoms with van der Waals surface area (Å²) in [5, 5.41) is 3.62. The Bertz CT molecular complexity index is 320. The average molecular weight is 265 g/mol. The molecule has 0 saturated carbocycles. The van der Waals surface area contributed by atoms with E-state index in [1.54, 1.807) is 0 Å². The Labute approximate surface area is 118 Å². The lowest BCUT2D eigenvalue weighted by Gasteiger charge is -2.17. The zero-order valence-corrected chi connectivity index (χ0v) is 13.0. The van der Waals surface area contributed by atoms with Crippen molar-refractivity contribution in [2.24, 2.45) is 7.05 Å². The third kappa shape index (κ3) is 6.76. The summed E-state index contributed by atoms with van der Waals surface area (Å²) in [5.74, 6) is 1.20. The van der Waals surface area contributed by atoms with Gasteiger partial charge in [0, 0.05) is 31.9 Å². The standard InChI is InChI=1S/C16H31N3/c1-4-6-7-8-9-10-15(17-5-2)11-12-16-18-13-14-19(16)3/h13-15,17H,4-12H2,1-3H3. The second-order valence-electron chi connectivity index (χ2n) is 5.45. The summed E-state index contributed by atoms with van der Waals surface area (Å²) in [6.45, 7) is 5.54. The Morgan fingerprint density at radius 2 is 1.95 bits per heavy atom. The topological polar surface area (TPSA) is 29.9 Å². The first-order valence-corrected chi connectivity index (χ1v) is 7.97. The Kier molecular flexibility index (Phi) is 8.55. The van der Waals surface area contributed by atoms with Gasteiger partial charge in [-0.2, -0.15) is 0 Å². The highest BCUT2D eigenvalue weighted by molar-refractivity contribution is 4.92. The molecule has 1 aromatic heterocycles. The summed E-state index contributed by atoms with van der Waals surface area (Å²) < 4.78 is 2.13. The SMILES string of the molecule is CCCCCCCC(CCc1nccn1C)NCC. The van der Waals surface area contributed by atoms with Gasteiger partial charge in [0.25, 0.3) is 0 Å². The molecule has 1 N–H and O–H groups in total. The van der Waals surface area contributed by atoms with Crippen LogP contribution >= 0.6 is 0 Å². The zero-order valence-electron chi connectivity index (χ0n) is 13.0. The fourth-order valence-corrected chi connectivity index (χ4v) is 2.57. The van der Waals surface area contributed by atoms with Crippen molar-refractivity contribution in [2.45, 2.75) is 71.3 Å². The van der Waals surface area contributed by atoms with Crippen LogP contribution in [0.15, 0.2) is 12.4 Å². The highest BCUT2D eigenvalue weighted by atomic mass is 15.0. The number of imidazole rings is 1. The molecule has 1 atom stereocenters. The third-order valence-corrected chi connectivity index (χ3v) is 3.79. The van der Waals surface area contributed by atoms with E-state index < -0.39 is 0 Å². The van der Waals surface area contributed by atoms with Gasteiger partial charge in [0.1, 0.15) is 5.82 Å². The minimum atomic E-state index is 0.656. The van der Waals surface area contributed by atoms with Crippen LogP contribution < -0.4 is 5.32 Å². The molecular formula is C16H31N3. The molecule has 0 fully saturated rings. The van der Waals surface area contributed by atoms with Crippen molar-refractivity contribution >= 4 is 0 Å². The Balaban J connectivity index is 2.22. The summed E-state index contributed by atoms with van der Waals surface area (Å²) in [6, 6.07) is 0.656. The van der Waals surface area contributed by atoms with Crippen LogP contribution in [0.1, 0.15) is 64.6 Å². The van der Waals surface area contributed by atoms with Crippen LogP contribution in [0.2, 0.25) is 0 Å². The lowest BCUT2D eigenvalue weighted by Crippen LogP contribution is -2.29. The summed E-state index contributed by atoms with van der Waals surface area (Å²) in [6.07, 6.45) is 14.4. The molecule has 0 aliphatic rings. The lowest BCUT2D eigenvalue weighted by molar-refractivity contribution is 0.435. The van der Waals surface area contributed by atoms with E-state index in [0.29, 0.717) is 6.04 Å². The first-order valence-electron chi connectivity index (χ1n) is 7.97. The number of hydrogen-bond acceptors (Lipinski definition) is 2.